The number of rotatable bonds is 6. The van der Waals surface area contributed by atoms with E-state index in [1.807, 2.05) is 60.7 Å². The van der Waals surface area contributed by atoms with Gasteiger partial charge in [0.05, 0.1) is 22.1 Å². The maximum atomic E-state index is 5.26. The van der Waals surface area contributed by atoms with Gasteiger partial charge in [0, 0.05) is 38.5 Å². The highest BCUT2D eigenvalue weighted by atomic mass is 15.2. The molecular weight excluding hydrogens is 733 g/mol. The Labute approximate surface area is 345 Å². The fraction of sp³-hybridized carbons (Fsp3) is 0. The molecular formula is C54H34N6. The monoisotopic (exact) mass is 766 g/mol. The number of para-hydroxylation sites is 2. The van der Waals surface area contributed by atoms with Crippen LogP contribution in [0.15, 0.2) is 206 Å². The first-order valence-corrected chi connectivity index (χ1v) is 20.1. The third kappa shape index (κ3) is 5.50. The normalized spacial score (nSPS) is 11.7. The molecule has 0 atom stereocenters. The third-order valence-electron chi connectivity index (χ3n) is 11.6. The van der Waals surface area contributed by atoms with Gasteiger partial charge in [-0.1, -0.05) is 170 Å². The van der Waals surface area contributed by atoms with Crippen molar-refractivity contribution in [1.29, 1.82) is 0 Å². The molecule has 6 nitrogen and oxygen atoms in total. The Balaban J connectivity index is 1.05. The summed E-state index contributed by atoms with van der Waals surface area (Å²) in [6.07, 6.45) is 0. The lowest BCUT2D eigenvalue weighted by Crippen LogP contribution is -2.06. The van der Waals surface area contributed by atoms with Gasteiger partial charge in [-0.05, 0) is 63.7 Å². The van der Waals surface area contributed by atoms with Gasteiger partial charge in [0.25, 0.3) is 0 Å². The van der Waals surface area contributed by atoms with E-state index in [0.29, 0.717) is 17.6 Å². The van der Waals surface area contributed by atoms with Gasteiger partial charge in [0.2, 0.25) is 5.95 Å². The molecule has 0 saturated heterocycles. The van der Waals surface area contributed by atoms with E-state index in [9.17, 15) is 0 Å². The zero-order valence-electron chi connectivity index (χ0n) is 32.3. The Morgan fingerprint density at radius 1 is 0.333 bits per heavy atom. The van der Waals surface area contributed by atoms with Crippen LogP contribution in [-0.4, -0.2) is 29.1 Å². The first kappa shape index (κ1) is 33.9. The lowest BCUT2D eigenvalue weighted by Gasteiger charge is -2.14. The summed E-state index contributed by atoms with van der Waals surface area (Å²) in [7, 11) is 0. The Kier molecular flexibility index (Phi) is 7.74. The Bertz CT molecular complexity index is 3520. The molecule has 0 aliphatic carbocycles. The number of hydrogen-bond donors (Lipinski definition) is 0. The summed E-state index contributed by atoms with van der Waals surface area (Å²) >= 11 is 0. The Morgan fingerprint density at radius 3 is 1.57 bits per heavy atom. The lowest BCUT2D eigenvalue weighted by atomic mass is 9.94. The van der Waals surface area contributed by atoms with E-state index in [1.54, 1.807) is 0 Å². The number of imidazole rings is 1. The third-order valence-corrected chi connectivity index (χ3v) is 11.6. The van der Waals surface area contributed by atoms with Crippen LogP contribution in [-0.2, 0) is 0 Å². The number of aromatic nitrogens is 6. The second-order valence-electron chi connectivity index (χ2n) is 15.1. The van der Waals surface area contributed by atoms with Crippen LogP contribution in [0.2, 0.25) is 0 Å². The van der Waals surface area contributed by atoms with Crippen LogP contribution in [0.25, 0.3) is 111 Å². The fourth-order valence-corrected chi connectivity index (χ4v) is 8.76. The van der Waals surface area contributed by atoms with Crippen molar-refractivity contribution in [3.63, 3.8) is 0 Å². The van der Waals surface area contributed by atoms with E-state index in [2.05, 4.69) is 155 Å². The second-order valence-corrected chi connectivity index (χ2v) is 15.1. The smallest absolute Gasteiger partial charge is 0.238 e. The fourth-order valence-electron chi connectivity index (χ4n) is 8.76. The predicted octanol–water partition coefficient (Wildman–Crippen LogP) is 13.3. The van der Waals surface area contributed by atoms with Crippen LogP contribution in [0.4, 0.5) is 0 Å². The first-order chi connectivity index (χ1) is 29.7. The number of hydrogen-bond acceptors (Lipinski definition) is 4. The summed E-state index contributed by atoms with van der Waals surface area (Å²) in [6, 6.07) is 72.2. The average Bonchev–Trinajstić information content (AvgIpc) is 3.87. The molecule has 0 fully saturated rings. The standard InChI is InChI=1S/C54H34N6/c1-4-16-36(17-5-1)51-56-52(37-18-6-2-7-19-37)58-54(57-51)60-48-27-15-14-25-43(48)46-34-45(42-24-12-13-26-44(42)50(46)60)35-28-30-38(31-29-35)53-55-47-32-39-20-10-11-21-40(39)33-49(47)59(53)41-22-8-3-9-23-41/h1-34H. The highest BCUT2D eigenvalue weighted by Gasteiger charge is 2.22. The minimum absolute atomic E-state index is 0.574. The van der Waals surface area contributed by atoms with Crippen LogP contribution in [0, 0.1) is 0 Å². The van der Waals surface area contributed by atoms with E-state index in [4.69, 9.17) is 19.9 Å². The molecule has 9 aromatic carbocycles. The van der Waals surface area contributed by atoms with Gasteiger partial charge < -0.3 is 0 Å². The summed E-state index contributed by atoms with van der Waals surface area (Å²) in [6.45, 7) is 0. The molecule has 0 spiro atoms. The molecule has 0 saturated carbocycles. The highest BCUT2D eigenvalue weighted by molar-refractivity contribution is 6.22. The largest absolute Gasteiger partial charge is 0.292 e. The minimum Gasteiger partial charge on any atom is -0.292 e. The molecule has 0 N–H and O–H groups in total. The summed E-state index contributed by atoms with van der Waals surface area (Å²) < 4.78 is 4.50. The van der Waals surface area contributed by atoms with Crippen molar-refractivity contribution in [2.45, 2.75) is 0 Å². The maximum absolute atomic E-state index is 5.26. The average molecular weight is 767 g/mol. The van der Waals surface area contributed by atoms with Crippen molar-refractivity contribution >= 4 is 54.4 Å². The van der Waals surface area contributed by atoms with Crippen LogP contribution in [0.5, 0.6) is 0 Å². The van der Waals surface area contributed by atoms with Gasteiger partial charge in [-0.2, -0.15) is 9.97 Å². The van der Waals surface area contributed by atoms with Crippen LogP contribution < -0.4 is 0 Å². The predicted molar refractivity (Wildman–Crippen MR) is 246 cm³/mol. The molecule has 0 radical (unpaired) electrons. The number of fused-ring (bicyclic) bond motifs is 7. The number of nitrogens with zero attached hydrogens (tertiary/aromatic N) is 6. The molecule has 0 aliphatic rings. The van der Waals surface area contributed by atoms with Gasteiger partial charge in [0.1, 0.15) is 5.82 Å². The van der Waals surface area contributed by atoms with Crippen molar-refractivity contribution < 1.29 is 0 Å². The van der Waals surface area contributed by atoms with Crippen LogP contribution in [0.1, 0.15) is 0 Å². The van der Waals surface area contributed by atoms with E-state index < -0.39 is 0 Å². The summed E-state index contributed by atoms with van der Waals surface area (Å²) in [4.78, 5) is 20.6. The second kappa shape index (κ2) is 13.7. The van der Waals surface area contributed by atoms with Crippen molar-refractivity contribution in [2.75, 3.05) is 0 Å². The summed E-state index contributed by atoms with van der Waals surface area (Å²) in [5, 5.41) is 6.89. The van der Waals surface area contributed by atoms with Gasteiger partial charge in [-0.3, -0.25) is 9.13 Å². The van der Waals surface area contributed by atoms with E-state index in [0.717, 1.165) is 82.9 Å². The molecule has 0 unspecified atom stereocenters. The lowest BCUT2D eigenvalue weighted by molar-refractivity contribution is 0.955. The summed E-state index contributed by atoms with van der Waals surface area (Å²) in [5.41, 5.74) is 10.4. The molecule has 12 rings (SSSR count). The topological polar surface area (TPSA) is 61.4 Å². The quantitative estimate of drug-likeness (QED) is 0.169. The molecule has 0 aliphatic heterocycles. The Morgan fingerprint density at radius 2 is 0.883 bits per heavy atom. The molecule has 3 heterocycles. The highest BCUT2D eigenvalue weighted by Crippen LogP contribution is 2.42. The van der Waals surface area contributed by atoms with Crippen LogP contribution >= 0.6 is 0 Å². The molecule has 280 valence electrons. The molecule has 12 aromatic rings. The molecule has 3 aromatic heterocycles. The van der Waals surface area contributed by atoms with Crippen molar-refractivity contribution in [3.8, 4) is 56.9 Å². The van der Waals surface area contributed by atoms with Crippen molar-refractivity contribution in [3.05, 3.63) is 206 Å². The molecule has 0 amide bonds. The van der Waals surface area contributed by atoms with Crippen molar-refractivity contribution in [1.82, 2.24) is 29.1 Å². The van der Waals surface area contributed by atoms with Gasteiger partial charge in [-0.15, -0.1) is 0 Å². The maximum Gasteiger partial charge on any atom is 0.238 e. The first-order valence-electron chi connectivity index (χ1n) is 20.1. The van der Waals surface area contributed by atoms with Crippen molar-refractivity contribution in [2.24, 2.45) is 0 Å². The minimum atomic E-state index is 0.574. The zero-order valence-corrected chi connectivity index (χ0v) is 32.3. The van der Waals surface area contributed by atoms with Gasteiger partial charge in [0.15, 0.2) is 11.6 Å². The number of benzene rings is 9. The molecule has 0 bridgehead atoms. The molecule has 6 heteroatoms. The Hall–Kier alpha value is -8.22. The van der Waals surface area contributed by atoms with Gasteiger partial charge >= 0.3 is 0 Å². The van der Waals surface area contributed by atoms with E-state index in [-0.39, 0.29) is 0 Å². The summed E-state index contributed by atoms with van der Waals surface area (Å²) in [5.74, 6) is 2.73. The van der Waals surface area contributed by atoms with Gasteiger partial charge in [-0.25, -0.2) is 9.97 Å². The van der Waals surface area contributed by atoms with E-state index in [1.165, 1.54) is 10.8 Å². The van der Waals surface area contributed by atoms with E-state index >= 15 is 0 Å². The SMILES string of the molecule is c1ccc(-c2nc(-c3ccccc3)nc(-n3c4ccccc4c4cc(-c5ccc(-c6nc7cc8ccccc8cc7n6-c6ccccc6)cc5)c5ccccc5c43)n2)cc1. The zero-order chi connectivity index (χ0) is 39.6. The van der Waals surface area contributed by atoms with Crippen LogP contribution in [0.3, 0.4) is 0 Å². The molecule has 60 heavy (non-hydrogen) atoms.